The van der Waals surface area contributed by atoms with E-state index in [0.717, 1.165) is 25.1 Å². The minimum atomic E-state index is 0.479. The molecule has 0 aromatic carbocycles. The van der Waals surface area contributed by atoms with E-state index in [-0.39, 0.29) is 0 Å². The second kappa shape index (κ2) is 6.35. The molecule has 0 atom stereocenters. The third-order valence-corrected chi connectivity index (χ3v) is 2.15. The second-order valence-electron chi connectivity index (χ2n) is 3.77. The highest BCUT2D eigenvalue weighted by Gasteiger charge is 2.00. The highest BCUT2D eigenvalue weighted by Crippen LogP contribution is 2.11. The fourth-order valence-electron chi connectivity index (χ4n) is 1.14. The zero-order valence-electron chi connectivity index (χ0n) is 9.66. The lowest BCUT2D eigenvalue weighted by molar-refractivity contribution is 0.197. The normalized spacial score (nSPS) is 10.7. The van der Waals surface area contributed by atoms with Crippen LogP contribution in [-0.2, 0) is 4.74 Å². The molecule has 1 aromatic rings. The summed E-state index contributed by atoms with van der Waals surface area (Å²) in [5.41, 5.74) is 1.16. The van der Waals surface area contributed by atoms with Gasteiger partial charge in [-0.15, -0.1) is 0 Å². The van der Waals surface area contributed by atoms with E-state index >= 15 is 0 Å². The van der Waals surface area contributed by atoms with Crippen molar-refractivity contribution in [3.05, 3.63) is 18.0 Å². The average molecular weight is 209 g/mol. The van der Waals surface area contributed by atoms with Crippen molar-refractivity contribution in [2.45, 2.75) is 26.2 Å². The van der Waals surface area contributed by atoms with Gasteiger partial charge in [-0.05, 0) is 17.9 Å². The molecule has 0 radical (unpaired) electrons. The van der Waals surface area contributed by atoms with Crippen LogP contribution < -0.4 is 5.32 Å². The number of anilines is 1. The predicted molar refractivity (Wildman–Crippen MR) is 61.1 cm³/mol. The van der Waals surface area contributed by atoms with Gasteiger partial charge in [-0.3, -0.25) is 0 Å². The molecule has 84 valence electrons. The van der Waals surface area contributed by atoms with E-state index in [1.165, 1.54) is 0 Å². The summed E-state index contributed by atoms with van der Waals surface area (Å²) in [6.45, 7) is 5.86. The van der Waals surface area contributed by atoms with E-state index in [4.69, 9.17) is 4.74 Å². The van der Waals surface area contributed by atoms with Crippen LogP contribution in [0.3, 0.4) is 0 Å². The Morgan fingerprint density at radius 1 is 1.33 bits per heavy atom. The molecule has 4 heteroatoms. The van der Waals surface area contributed by atoms with E-state index in [0.29, 0.717) is 11.9 Å². The lowest BCUT2D eigenvalue weighted by Crippen LogP contribution is -2.07. The Morgan fingerprint density at radius 2 is 2.00 bits per heavy atom. The number of methoxy groups -OCH3 is 1. The van der Waals surface area contributed by atoms with Gasteiger partial charge >= 0.3 is 0 Å². The van der Waals surface area contributed by atoms with E-state index in [9.17, 15) is 0 Å². The van der Waals surface area contributed by atoms with Gasteiger partial charge in [0.15, 0.2) is 0 Å². The third kappa shape index (κ3) is 4.25. The molecule has 0 saturated heterocycles. The zero-order chi connectivity index (χ0) is 11.1. The van der Waals surface area contributed by atoms with Crippen molar-refractivity contribution < 1.29 is 4.74 Å². The summed E-state index contributed by atoms with van der Waals surface area (Å²) in [4.78, 5) is 8.47. The molecule has 0 spiro atoms. The van der Waals surface area contributed by atoms with Crippen molar-refractivity contribution in [3.8, 4) is 0 Å². The molecular weight excluding hydrogens is 190 g/mol. The fraction of sp³-hybridized carbons (Fsp3) is 0.636. The van der Waals surface area contributed by atoms with Gasteiger partial charge in [-0.25, -0.2) is 9.97 Å². The van der Waals surface area contributed by atoms with Crippen LogP contribution in [-0.4, -0.2) is 30.2 Å². The Hall–Kier alpha value is -1.16. The third-order valence-electron chi connectivity index (χ3n) is 2.15. The second-order valence-corrected chi connectivity index (χ2v) is 3.77. The number of nitrogens with one attached hydrogen (secondary N) is 1. The molecule has 1 rings (SSSR count). The standard InChI is InChI=1S/C11H19N3O/c1-9(2)10-7-13-11(14-8-10)12-5-4-6-15-3/h7-9H,4-6H2,1-3H3,(H,12,13,14). The van der Waals surface area contributed by atoms with Crippen molar-refractivity contribution in [1.82, 2.24) is 9.97 Å². The molecule has 0 aliphatic rings. The van der Waals surface area contributed by atoms with Crippen LogP contribution >= 0.6 is 0 Å². The highest BCUT2D eigenvalue weighted by molar-refractivity contribution is 5.25. The smallest absolute Gasteiger partial charge is 0.222 e. The first-order chi connectivity index (χ1) is 7.24. The fourth-order valence-corrected chi connectivity index (χ4v) is 1.14. The summed E-state index contributed by atoms with van der Waals surface area (Å²) in [5.74, 6) is 1.17. The maximum absolute atomic E-state index is 4.95. The SMILES string of the molecule is COCCCNc1ncc(C(C)C)cn1. The van der Waals surface area contributed by atoms with Gasteiger partial charge in [0, 0.05) is 32.7 Å². The van der Waals surface area contributed by atoms with Gasteiger partial charge in [-0.2, -0.15) is 0 Å². The van der Waals surface area contributed by atoms with Crippen molar-refractivity contribution >= 4 is 5.95 Å². The van der Waals surface area contributed by atoms with Crippen LogP contribution in [0.5, 0.6) is 0 Å². The first-order valence-electron chi connectivity index (χ1n) is 5.28. The molecule has 0 amide bonds. The average Bonchev–Trinajstić information content (AvgIpc) is 2.25. The van der Waals surface area contributed by atoms with Gasteiger partial charge in [0.2, 0.25) is 5.95 Å². The van der Waals surface area contributed by atoms with E-state index in [2.05, 4.69) is 29.1 Å². The van der Waals surface area contributed by atoms with Crippen molar-refractivity contribution in [2.75, 3.05) is 25.6 Å². The Balaban J connectivity index is 2.36. The van der Waals surface area contributed by atoms with Gasteiger partial charge in [0.25, 0.3) is 0 Å². The largest absolute Gasteiger partial charge is 0.385 e. The lowest BCUT2D eigenvalue weighted by Gasteiger charge is -2.06. The van der Waals surface area contributed by atoms with Crippen LogP contribution in [0.25, 0.3) is 0 Å². The molecule has 0 unspecified atom stereocenters. The molecule has 4 nitrogen and oxygen atoms in total. The lowest BCUT2D eigenvalue weighted by atomic mass is 10.1. The topological polar surface area (TPSA) is 47.0 Å². The number of ether oxygens (including phenoxy) is 1. The summed E-state index contributed by atoms with van der Waals surface area (Å²) in [7, 11) is 1.70. The predicted octanol–water partition coefficient (Wildman–Crippen LogP) is 2.05. The van der Waals surface area contributed by atoms with E-state index in [1.807, 2.05) is 12.4 Å². The Kier molecular flexibility index (Phi) is 5.04. The maximum atomic E-state index is 4.95. The summed E-state index contributed by atoms with van der Waals surface area (Å²) in [6.07, 6.45) is 4.71. The molecule has 0 aliphatic carbocycles. The zero-order valence-corrected chi connectivity index (χ0v) is 9.66. The molecule has 0 saturated carbocycles. The molecule has 1 heterocycles. The van der Waals surface area contributed by atoms with Crippen LogP contribution in [0.15, 0.2) is 12.4 Å². The molecule has 0 aliphatic heterocycles. The molecule has 0 bridgehead atoms. The van der Waals surface area contributed by atoms with Gasteiger partial charge in [0.05, 0.1) is 0 Å². The van der Waals surface area contributed by atoms with Crippen LogP contribution in [0.2, 0.25) is 0 Å². The molecular formula is C11H19N3O. The highest BCUT2D eigenvalue weighted by atomic mass is 16.5. The molecule has 15 heavy (non-hydrogen) atoms. The van der Waals surface area contributed by atoms with Gasteiger partial charge < -0.3 is 10.1 Å². The van der Waals surface area contributed by atoms with Crippen molar-refractivity contribution in [1.29, 1.82) is 0 Å². The number of rotatable bonds is 6. The van der Waals surface area contributed by atoms with Crippen LogP contribution in [0, 0.1) is 0 Å². The van der Waals surface area contributed by atoms with Crippen LogP contribution in [0.4, 0.5) is 5.95 Å². The Labute approximate surface area is 91.1 Å². The number of hydrogen-bond acceptors (Lipinski definition) is 4. The van der Waals surface area contributed by atoms with Crippen LogP contribution in [0.1, 0.15) is 31.7 Å². The first-order valence-corrected chi connectivity index (χ1v) is 5.28. The quantitative estimate of drug-likeness (QED) is 0.728. The van der Waals surface area contributed by atoms with E-state index in [1.54, 1.807) is 7.11 Å². The minimum absolute atomic E-state index is 0.479. The molecule has 0 fully saturated rings. The molecule has 1 aromatic heterocycles. The summed E-state index contributed by atoms with van der Waals surface area (Å²) >= 11 is 0. The number of aromatic nitrogens is 2. The summed E-state index contributed by atoms with van der Waals surface area (Å²) in [5, 5.41) is 3.14. The summed E-state index contributed by atoms with van der Waals surface area (Å²) in [6, 6.07) is 0. The van der Waals surface area contributed by atoms with E-state index < -0.39 is 0 Å². The summed E-state index contributed by atoms with van der Waals surface area (Å²) < 4.78 is 4.95. The van der Waals surface area contributed by atoms with Crippen molar-refractivity contribution in [3.63, 3.8) is 0 Å². The molecule has 1 N–H and O–H groups in total. The minimum Gasteiger partial charge on any atom is -0.385 e. The monoisotopic (exact) mass is 209 g/mol. The maximum Gasteiger partial charge on any atom is 0.222 e. The number of nitrogens with zero attached hydrogens (tertiary/aromatic N) is 2. The Morgan fingerprint density at radius 3 is 2.53 bits per heavy atom. The first kappa shape index (κ1) is 11.9. The van der Waals surface area contributed by atoms with Gasteiger partial charge in [0.1, 0.15) is 0 Å². The Bertz CT molecular complexity index is 272. The number of hydrogen-bond donors (Lipinski definition) is 1. The van der Waals surface area contributed by atoms with Gasteiger partial charge in [-0.1, -0.05) is 13.8 Å². The van der Waals surface area contributed by atoms with Crippen molar-refractivity contribution in [2.24, 2.45) is 0 Å².